The summed E-state index contributed by atoms with van der Waals surface area (Å²) in [5.74, 6) is 1.76. The second-order valence-corrected chi connectivity index (χ2v) is 9.44. The first-order valence-electron chi connectivity index (χ1n) is 8.60. The highest BCUT2D eigenvalue weighted by molar-refractivity contribution is 8.76. The molecule has 0 bridgehead atoms. The van der Waals surface area contributed by atoms with Gasteiger partial charge in [-0.1, -0.05) is 21.6 Å². The number of hydrogen-bond donors (Lipinski definition) is 0. The van der Waals surface area contributed by atoms with Crippen molar-refractivity contribution in [1.82, 2.24) is 0 Å². The molecule has 0 N–H and O–H groups in total. The maximum absolute atomic E-state index is 5.75. The van der Waals surface area contributed by atoms with E-state index in [-0.39, 0.29) is 11.2 Å². The summed E-state index contributed by atoms with van der Waals surface area (Å²) in [5.41, 5.74) is -0.162. The lowest BCUT2D eigenvalue weighted by Crippen LogP contribution is -2.16. The van der Waals surface area contributed by atoms with E-state index in [9.17, 15) is 0 Å². The van der Waals surface area contributed by atoms with E-state index in [4.69, 9.17) is 18.9 Å². The number of hydrogen-bond acceptors (Lipinski definition) is 6. The van der Waals surface area contributed by atoms with Crippen molar-refractivity contribution in [3.05, 3.63) is 48.5 Å². The number of benzene rings is 2. The van der Waals surface area contributed by atoms with E-state index >= 15 is 0 Å². The van der Waals surface area contributed by atoms with Gasteiger partial charge in [-0.25, -0.2) is 0 Å². The molecule has 0 amide bonds. The van der Waals surface area contributed by atoms with Crippen LogP contribution in [-0.4, -0.2) is 37.6 Å². The summed E-state index contributed by atoms with van der Waals surface area (Å²) in [6, 6.07) is 16.3. The summed E-state index contributed by atoms with van der Waals surface area (Å²) in [5, 5.41) is 0. The van der Waals surface area contributed by atoms with Crippen molar-refractivity contribution >= 4 is 21.6 Å². The zero-order valence-corrected chi connectivity index (χ0v) is 16.5. The van der Waals surface area contributed by atoms with Crippen LogP contribution in [0.15, 0.2) is 58.3 Å². The normalized spacial score (nSPS) is 26.4. The van der Waals surface area contributed by atoms with E-state index in [0.717, 1.165) is 24.7 Å². The van der Waals surface area contributed by atoms with Gasteiger partial charge < -0.3 is 18.9 Å². The zero-order chi connectivity index (χ0) is 18.0. The molecule has 2 atom stereocenters. The van der Waals surface area contributed by atoms with Crippen LogP contribution in [0.2, 0.25) is 0 Å². The average molecular weight is 391 g/mol. The van der Waals surface area contributed by atoms with Gasteiger partial charge in [-0.15, -0.1) is 0 Å². The molecule has 0 aliphatic carbocycles. The predicted octanol–water partition coefficient (Wildman–Crippen LogP) is 4.82. The van der Waals surface area contributed by atoms with Gasteiger partial charge in [-0.3, -0.25) is 0 Å². The molecule has 0 spiro atoms. The molecule has 6 heteroatoms. The van der Waals surface area contributed by atoms with E-state index in [1.54, 1.807) is 21.6 Å². The third kappa shape index (κ3) is 5.10. The van der Waals surface area contributed by atoms with Gasteiger partial charge in [0.1, 0.15) is 35.9 Å². The van der Waals surface area contributed by atoms with Gasteiger partial charge in [0.2, 0.25) is 0 Å². The molecule has 2 aromatic carbocycles. The molecule has 2 saturated heterocycles. The number of epoxide rings is 2. The predicted molar refractivity (Wildman–Crippen MR) is 104 cm³/mol. The van der Waals surface area contributed by atoms with Gasteiger partial charge in [0.25, 0.3) is 0 Å². The minimum absolute atomic E-state index is 0.0808. The monoisotopic (exact) mass is 390 g/mol. The minimum atomic E-state index is -0.0808. The van der Waals surface area contributed by atoms with Gasteiger partial charge >= 0.3 is 0 Å². The van der Waals surface area contributed by atoms with Crippen LogP contribution >= 0.6 is 21.6 Å². The molecule has 0 aromatic heterocycles. The molecule has 138 valence electrons. The van der Waals surface area contributed by atoms with Crippen molar-refractivity contribution in [1.29, 1.82) is 0 Å². The van der Waals surface area contributed by atoms with Gasteiger partial charge in [0.05, 0.1) is 13.2 Å². The van der Waals surface area contributed by atoms with Crippen molar-refractivity contribution in [2.45, 2.75) is 34.8 Å². The molecule has 2 fully saturated rings. The molecule has 4 nitrogen and oxygen atoms in total. The molecular weight excluding hydrogens is 368 g/mol. The molecule has 0 radical (unpaired) electrons. The van der Waals surface area contributed by atoms with Crippen LogP contribution < -0.4 is 9.47 Å². The molecule has 4 rings (SSSR count). The summed E-state index contributed by atoms with van der Waals surface area (Å²) in [6.07, 6.45) is 0. The van der Waals surface area contributed by atoms with Crippen molar-refractivity contribution < 1.29 is 18.9 Å². The Hall–Kier alpha value is -1.34. The van der Waals surface area contributed by atoms with E-state index in [2.05, 4.69) is 38.1 Å². The lowest BCUT2D eigenvalue weighted by atomic mass is 10.2. The summed E-state index contributed by atoms with van der Waals surface area (Å²) in [6.45, 7) is 6.90. The third-order valence-corrected chi connectivity index (χ3v) is 6.66. The van der Waals surface area contributed by atoms with Gasteiger partial charge in [0, 0.05) is 9.79 Å². The fraction of sp³-hybridized carbons (Fsp3) is 0.400. The van der Waals surface area contributed by atoms with E-state index in [0.29, 0.717) is 13.2 Å². The topological polar surface area (TPSA) is 43.5 Å². The highest BCUT2D eigenvalue weighted by atomic mass is 33.1. The Balaban J connectivity index is 1.22. The van der Waals surface area contributed by atoms with Crippen LogP contribution in [0.3, 0.4) is 0 Å². The fourth-order valence-corrected chi connectivity index (χ4v) is 4.09. The first-order valence-corrected chi connectivity index (χ1v) is 10.8. The van der Waals surface area contributed by atoms with Crippen LogP contribution in [-0.2, 0) is 9.47 Å². The molecule has 2 unspecified atom stereocenters. The van der Waals surface area contributed by atoms with Gasteiger partial charge in [-0.2, -0.15) is 0 Å². The second kappa shape index (κ2) is 7.35. The quantitative estimate of drug-likeness (QED) is 0.452. The van der Waals surface area contributed by atoms with E-state index in [1.807, 2.05) is 24.3 Å². The summed E-state index contributed by atoms with van der Waals surface area (Å²) >= 11 is 0. The zero-order valence-electron chi connectivity index (χ0n) is 14.9. The molecule has 2 aliphatic heterocycles. The van der Waals surface area contributed by atoms with Crippen molar-refractivity contribution in [2.75, 3.05) is 26.4 Å². The number of rotatable bonds is 9. The Morgan fingerprint density at radius 3 is 1.38 bits per heavy atom. The molecule has 26 heavy (non-hydrogen) atoms. The van der Waals surface area contributed by atoms with Crippen LogP contribution in [0.5, 0.6) is 11.5 Å². The van der Waals surface area contributed by atoms with Crippen LogP contribution in [0.4, 0.5) is 0 Å². The molecule has 2 aliphatic rings. The van der Waals surface area contributed by atoms with Crippen molar-refractivity contribution in [3.8, 4) is 11.5 Å². The lowest BCUT2D eigenvalue weighted by Gasteiger charge is -2.10. The maximum Gasteiger partial charge on any atom is 0.123 e. The highest BCUT2D eigenvalue weighted by Gasteiger charge is 2.40. The third-order valence-electron chi connectivity index (χ3n) is 4.24. The minimum Gasteiger partial charge on any atom is -0.491 e. The van der Waals surface area contributed by atoms with Crippen molar-refractivity contribution in [3.63, 3.8) is 0 Å². The molecule has 2 heterocycles. The summed E-state index contributed by atoms with van der Waals surface area (Å²) in [7, 11) is 3.45. The van der Waals surface area contributed by atoms with Crippen LogP contribution in [0.1, 0.15) is 13.8 Å². The number of ether oxygens (including phenoxy) is 4. The molecule has 2 aromatic rings. The van der Waals surface area contributed by atoms with Crippen LogP contribution in [0, 0.1) is 0 Å². The highest BCUT2D eigenvalue weighted by Crippen LogP contribution is 2.38. The van der Waals surface area contributed by atoms with Crippen LogP contribution in [0.25, 0.3) is 0 Å². The standard InChI is InChI=1S/C20H22O4S2/c1-19(13-23-19)11-21-15-3-7-17(8-4-15)25-26-18-9-5-16(6-10-18)22-12-20(2)14-24-20/h3-10H,11-14H2,1-2H3. The first kappa shape index (κ1) is 18.0. The SMILES string of the molecule is CC1(COc2ccc(SSc3ccc(OCC4(C)CO4)cc3)cc2)CO1. The Morgan fingerprint density at radius 2 is 1.08 bits per heavy atom. The fourth-order valence-electron chi connectivity index (χ4n) is 2.16. The molecular formula is C20H22O4S2. The van der Waals surface area contributed by atoms with Crippen molar-refractivity contribution in [2.24, 2.45) is 0 Å². The summed E-state index contributed by atoms with van der Waals surface area (Å²) < 4.78 is 22.2. The lowest BCUT2D eigenvalue weighted by molar-refractivity contribution is 0.202. The Bertz CT molecular complexity index is 672. The maximum atomic E-state index is 5.75. The first-order chi connectivity index (χ1) is 12.5. The molecule has 0 saturated carbocycles. The average Bonchev–Trinajstić information content (AvgIpc) is 3.58. The van der Waals surface area contributed by atoms with E-state index < -0.39 is 0 Å². The largest absolute Gasteiger partial charge is 0.491 e. The van der Waals surface area contributed by atoms with Gasteiger partial charge in [0.15, 0.2) is 0 Å². The Morgan fingerprint density at radius 1 is 0.731 bits per heavy atom. The Labute approximate surface area is 161 Å². The Kier molecular flexibility index (Phi) is 5.10. The van der Waals surface area contributed by atoms with Gasteiger partial charge in [-0.05, 0) is 62.4 Å². The summed E-state index contributed by atoms with van der Waals surface area (Å²) in [4.78, 5) is 2.38. The second-order valence-electron chi connectivity index (χ2n) is 7.16. The van der Waals surface area contributed by atoms with E-state index in [1.165, 1.54) is 9.79 Å². The smallest absolute Gasteiger partial charge is 0.123 e.